The van der Waals surface area contributed by atoms with Crippen LogP contribution in [-0.4, -0.2) is 24.8 Å². The summed E-state index contributed by atoms with van der Waals surface area (Å²) in [6.45, 7) is 2.75. The van der Waals surface area contributed by atoms with Gasteiger partial charge in [0.05, 0.1) is 5.69 Å². The zero-order valence-corrected chi connectivity index (χ0v) is 15.1. The molecule has 0 amide bonds. The number of nitrogens with zero attached hydrogens (tertiary/aromatic N) is 4. The molecule has 1 aliphatic carbocycles. The van der Waals surface area contributed by atoms with Crippen molar-refractivity contribution in [3.05, 3.63) is 59.4 Å². The monoisotopic (exact) mass is 359 g/mol. The molecular formula is C20H21N7. The molecule has 0 radical (unpaired) electrons. The van der Waals surface area contributed by atoms with Gasteiger partial charge in [0.15, 0.2) is 5.82 Å². The number of hydrogen-bond donors (Lipinski definition) is 3. The number of aromatic nitrogens is 5. The Hall–Kier alpha value is -3.35. The highest BCUT2D eigenvalue weighted by Gasteiger charge is 2.26. The van der Waals surface area contributed by atoms with Gasteiger partial charge < -0.3 is 11.1 Å². The van der Waals surface area contributed by atoms with Gasteiger partial charge in [-0.3, -0.25) is 5.10 Å². The fourth-order valence-corrected chi connectivity index (χ4v) is 3.46. The SMILES string of the molecule is Cc1cccc(CNc2nc(N)nn3ccc(-c4cc(C5CC5)[nH]n4)c23)c1. The maximum atomic E-state index is 5.91. The summed E-state index contributed by atoms with van der Waals surface area (Å²) < 4.78 is 1.77. The van der Waals surface area contributed by atoms with E-state index in [1.165, 1.54) is 29.7 Å². The highest BCUT2D eigenvalue weighted by atomic mass is 15.3. The van der Waals surface area contributed by atoms with Crippen molar-refractivity contribution in [3.63, 3.8) is 0 Å². The average molecular weight is 359 g/mol. The quantitative estimate of drug-likeness (QED) is 0.507. The highest BCUT2D eigenvalue weighted by molar-refractivity contribution is 5.87. The summed E-state index contributed by atoms with van der Waals surface area (Å²) in [6.07, 6.45) is 4.37. The van der Waals surface area contributed by atoms with Gasteiger partial charge in [0.25, 0.3) is 0 Å². The Labute approximate surface area is 156 Å². The lowest BCUT2D eigenvalue weighted by molar-refractivity contribution is 0.913. The van der Waals surface area contributed by atoms with Crippen LogP contribution in [0.4, 0.5) is 11.8 Å². The van der Waals surface area contributed by atoms with Crippen LogP contribution in [0.1, 0.15) is 35.6 Å². The number of nitrogen functional groups attached to an aromatic ring is 1. The maximum Gasteiger partial charge on any atom is 0.240 e. The summed E-state index contributed by atoms with van der Waals surface area (Å²) in [4.78, 5) is 4.45. The second kappa shape index (κ2) is 6.12. The van der Waals surface area contributed by atoms with Crippen LogP contribution in [0.15, 0.2) is 42.6 Å². The second-order valence-electron chi connectivity index (χ2n) is 7.17. The number of nitrogens with two attached hydrogens (primary N) is 1. The van der Waals surface area contributed by atoms with Crippen molar-refractivity contribution in [1.82, 2.24) is 24.8 Å². The first-order valence-electron chi connectivity index (χ1n) is 9.17. The van der Waals surface area contributed by atoms with Crippen molar-refractivity contribution in [2.24, 2.45) is 0 Å². The topological polar surface area (TPSA) is 96.9 Å². The fraction of sp³-hybridized carbons (Fsp3) is 0.250. The van der Waals surface area contributed by atoms with Gasteiger partial charge in [-0.2, -0.15) is 10.1 Å². The lowest BCUT2D eigenvalue weighted by Crippen LogP contribution is -2.08. The molecular weight excluding hydrogens is 338 g/mol. The van der Waals surface area contributed by atoms with Crippen molar-refractivity contribution >= 4 is 17.3 Å². The van der Waals surface area contributed by atoms with Gasteiger partial charge in [-0.15, -0.1) is 5.10 Å². The van der Waals surface area contributed by atoms with Gasteiger partial charge in [-0.1, -0.05) is 29.8 Å². The minimum absolute atomic E-state index is 0.233. The lowest BCUT2D eigenvalue weighted by atomic mass is 10.1. The lowest BCUT2D eigenvalue weighted by Gasteiger charge is -2.10. The number of rotatable bonds is 5. The normalized spacial score (nSPS) is 14.0. The molecule has 1 saturated carbocycles. The van der Waals surface area contributed by atoms with Crippen molar-refractivity contribution in [2.75, 3.05) is 11.1 Å². The van der Waals surface area contributed by atoms with E-state index < -0.39 is 0 Å². The number of benzene rings is 1. The first-order chi connectivity index (χ1) is 13.2. The van der Waals surface area contributed by atoms with Crippen molar-refractivity contribution in [1.29, 1.82) is 0 Å². The van der Waals surface area contributed by atoms with E-state index in [1.54, 1.807) is 4.52 Å². The molecule has 0 atom stereocenters. The van der Waals surface area contributed by atoms with E-state index >= 15 is 0 Å². The Morgan fingerprint density at radius 2 is 2.15 bits per heavy atom. The third kappa shape index (κ3) is 3.01. The van der Waals surface area contributed by atoms with E-state index in [4.69, 9.17) is 5.73 Å². The minimum Gasteiger partial charge on any atom is -0.366 e. The van der Waals surface area contributed by atoms with Gasteiger partial charge >= 0.3 is 0 Å². The van der Waals surface area contributed by atoms with E-state index in [-0.39, 0.29) is 5.95 Å². The van der Waals surface area contributed by atoms with Crippen LogP contribution in [0.5, 0.6) is 0 Å². The molecule has 3 aromatic heterocycles. The van der Waals surface area contributed by atoms with E-state index in [0.717, 1.165) is 16.8 Å². The molecule has 4 N–H and O–H groups in total. The first kappa shape index (κ1) is 15.9. The van der Waals surface area contributed by atoms with Crippen LogP contribution in [0.2, 0.25) is 0 Å². The van der Waals surface area contributed by atoms with Crippen LogP contribution in [0.3, 0.4) is 0 Å². The molecule has 0 bridgehead atoms. The van der Waals surface area contributed by atoms with Crippen molar-refractivity contribution in [3.8, 4) is 11.3 Å². The fourth-order valence-electron chi connectivity index (χ4n) is 3.46. The first-order valence-corrected chi connectivity index (χ1v) is 9.17. The Morgan fingerprint density at radius 1 is 1.26 bits per heavy atom. The maximum absolute atomic E-state index is 5.91. The van der Waals surface area contributed by atoms with Crippen molar-refractivity contribution < 1.29 is 0 Å². The smallest absolute Gasteiger partial charge is 0.240 e. The summed E-state index contributed by atoms with van der Waals surface area (Å²) in [5.41, 5.74) is 12.3. The summed E-state index contributed by atoms with van der Waals surface area (Å²) in [7, 11) is 0. The Balaban J connectivity index is 1.53. The third-order valence-electron chi connectivity index (χ3n) is 4.96. The molecule has 0 spiro atoms. The summed E-state index contributed by atoms with van der Waals surface area (Å²) in [5.74, 6) is 1.57. The molecule has 3 heterocycles. The molecule has 1 fully saturated rings. The van der Waals surface area contributed by atoms with Crippen molar-refractivity contribution in [2.45, 2.75) is 32.2 Å². The van der Waals surface area contributed by atoms with Gasteiger partial charge in [0, 0.05) is 29.9 Å². The standard InChI is InChI=1S/C20H21N7/c1-12-3-2-4-13(9-12)11-22-19-18-15(7-8-27(18)26-20(21)23-19)17-10-16(24-25-17)14-5-6-14/h2-4,7-10,14H,5-6,11H2,1H3,(H,24,25)(H3,21,22,23,26). The Morgan fingerprint density at radius 3 is 2.96 bits per heavy atom. The van der Waals surface area contributed by atoms with Crippen LogP contribution < -0.4 is 11.1 Å². The molecule has 5 rings (SSSR count). The van der Waals surface area contributed by atoms with Gasteiger partial charge in [0.1, 0.15) is 5.52 Å². The number of nitrogens with one attached hydrogen (secondary N) is 2. The van der Waals surface area contributed by atoms with Gasteiger partial charge in [0.2, 0.25) is 5.95 Å². The molecule has 7 nitrogen and oxygen atoms in total. The average Bonchev–Trinajstić information content (AvgIpc) is 3.23. The molecule has 136 valence electrons. The van der Waals surface area contributed by atoms with E-state index in [0.29, 0.717) is 18.3 Å². The molecule has 27 heavy (non-hydrogen) atoms. The predicted molar refractivity (Wildman–Crippen MR) is 105 cm³/mol. The van der Waals surface area contributed by atoms with E-state index in [1.807, 2.05) is 12.3 Å². The molecule has 0 aliphatic heterocycles. The Bertz CT molecular complexity index is 1120. The molecule has 1 aromatic carbocycles. The number of hydrogen-bond acceptors (Lipinski definition) is 5. The molecule has 7 heteroatoms. The van der Waals surface area contributed by atoms with Gasteiger partial charge in [-0.25, -0.2) is 4.52 Å². The summed E-state index contributed by atoms with van der Waals surface area (Å²) in [5, 5.41) is 15.4. The van der Waals surface area contributed by atoms with Gasteiger partial charge in [-0.05, 0) is 37.5 Å². The number of aryl methyl sites for hydroxylation is 1. The third-order valence-corrected chi connectivity index (χ3v) is 4.96. The zero-order valence-electron chi connectivity index (χ0n) is 15.1. The molecule has 0 saturated heterocycles. The Kier molecular flexibility index (Phi) is 3.60. The number of aromatic amines is 1. The number of fused-ring (bicyclic) bond motifs is 1. The molecule has 1 aliphatic rings. The van der Waals surface area contributed by atoms with Crippen LogP contribution in [0.25, 0.3) is 16.8 Å². The zero-order chi connectivity index (χ0) is 18.4. The van der Waals surface area contributed by atoms with E-state index in [2.05, 4.69) is 62.9 Å². The van der Waals surface area contributed by atoms with E-state index in [9.17, 15) is 0 Å². The second-order valence-corrected chi connectivity index (χ2v) is 7.17. The van der Waals surface area contributed by atoms with Crippen LogP contribution >= 0.6 is 0 Å². The molecule has 4 aromatic rings. The largest absolute Gasteiger partial charge is 0.366 e. The number of anilines is 2. The number of H-pyrrole nitrogens is 1. The minimum atomic E-state index is 0.233. The predicted octanol–water partition coefficient (Wildman–Crippen LogP) is 3.50. The van der Waals surface area contributed by atoms with Crippen LogP contribution in [-0.2, 0) is 6.54 Å². The summed E-state index contributed by atoms with van der Waals surface area (Å²) in [6, 6.07) is 12.5. The molecule has 0 unspecified atom stereocenters. The van der Waals surface area contributed by atoms with Crippen LogP contribution in [0, 0.1) is 6.92 Å². The highest BCUT2D eigenvalue weighted by Crippen LogP contribution is 2.40. The summed E-state index contributed by atoms with van der Waals surface area (Å²) >= 11 is 0.